The SMILES string of the molecule is CC(C)(CNC(=O)Nc1cccc(Cl)c1)Cc1ccc(Br)cc1. The van der Waals surface area contributed by atoms with E-state index >= 15 is 0 Å². The van der Waals surface area contributed by atoms with Crippen LogP contribution < -0.4 is 10.6 Å². The van der Waals surface area contributed by atoms with E-state index in [1.807, 2.05) is 12.1 Å². The van der Waals surface area contributed by atoms with Crippen LogP contribution in [0.15, 0.2) is 53.0 Å². The highest BCUT2D eigenvalue weighted by atomic mass is 79.9. The third-order valence-corrected chi connectivity index (χ3v) is 4.17. The molecule has 2 rings (SSSR count). The summed E-state index contributed by atoms with van der Waals surface area (Å²) in [5, 5.41) is 6.30. The van der Waals surface area contributed by atoms with Gasteiger partial charge >= 0.3 is 6.03 Å². The van der Waals surface area contributed by atoms with Crippen molar-refractivity contribution < 1.29 is 4.79 Å². The lowest BCUT2D eigenvalue weighted by molar-refractivity contribution is 0.244. The summed E-state index contributed by atoms with van der Waals surface area (Å²) in [5.41, 5.74) is 1.88. The molecule has 0 fully saturated rings. The Morgan fingerprint density at radius 1 is 1.17 bits per heavy atom. The van der Waals surface area contributed by atoms with Crippen LogP contribution in [0.1, 0.15) is 19.4 Å². The van der Waals surface area contributed by atoms with Crippen LogP contribution in [0.5, 0.6) is 0 Å². The van der Waals surface area contributed by atoms with Crippen molar-refractivity contribution in [1.29, 1.82) is 0 Å². The lowest BCUT2D eigenvalue weighted by Crippen LogP contribution is -2.37. The molecule has 0 saturated heterocycles. The van der Waals surface area contributed by atoms with Crippen LogP contribution in [0, 0.1) is 5.41 Å². The van der Waals surface area contributed by atoms with Gasteiger partial charge in [-0.3, -0.25) is 0 Å². The molecule has 2 aromatic carbocycles. The maximum Gasteiger partial charge on any atom is 0.319 e. The molecule has 0 radical (unpaired) electrons. The van der Waals surface area contributed by atoms with Crippen molar-refractivity contribution in [2.75, 3.05) is 11.9 Å². The normalized spacial score (nSPS) is 11.1. The number of carbonyl (C=O) groups excluding carboxylic acids is 1. The second kappa shape index (κ2) is 7.84. The molecule has 0 aliphatic carbocycles. The van der Waals surface area contributed by atoms with Gasteiger partial charge < -0.3 is 10.6 Å². The van der Waals surface area contributed by atoms with E-state index in [1.165, 1.54) is 5.56 Å². The zero-order valence-electron chi connectivity index (χ0n) is 13.2. The molecule has 0 saturated carbocycles. The molecule has 122 valence electrons. The van der Waals surface area contributed by atoms with Crippen molar-refractivity contribution >= 4 is 39.2 Å². The summed E-state index contributed by atoms with van der Waals surface area (Å²) in [6.45, 7) is 4.85. The number of carbonyl (C=O) groups is 1. The second-order valence-electron chi connectivity index (χ2n) is 6.29. The molecule has 0 unspecified atom stereocenters. The maximum atomic E-state index is 12.0. The average Bonchev–Trinajstić information content (AvgIpc) is 2.48. The molecule has 0 heterocycles. The van der Waals surface area contributed by atoms with E-state index in [9.17, 15) is 4.79 Å². The molecule has 0 aliphatic heterocycles. The molecule has 0 aliphatic rings. The van der Waals surface area contributed by atoms with E-state index in [0.717, 1.165) is 10.9 Å². The summed E-state index contributed by atoms with van der Waals surface area (Å²) in [7, 11) is 0. The number of rotatable bonds is 5. The molecular formula is C18H20BrClN2O. The number of halogens is 2. The lowest BCUT2D eigenvalue weighted by atomic mass is 9.86. The van der Waals surface area contributed by atoms with Crippen molar-refractivity contribution in [1.82, 2.24) is 5.32 Å². The highest BCUT2D eigenvalue weighted by Gasteiger charge is 2.19. The van der Waals surface area contributed by atoms with Gasteiger partial charge in [-0.1, -0.05) is 59.6 Å². The van der Waals surface area contributed by atoms with Crippen molar-refractivity contribution in [3.63, 3.8) is 0 Å². The van der Waals surface area contributed by atoms with Crippen LogP contribution in [0.25, 0.3) is 0 Å². The Morgan fingerprint density at radius 2 is 1.87 bits per heavy atom. The van der Waals surface area contributed by atoms with Gasteiger partial charge in [0.05, 0.1) is 0 Å². The maximum absolute atomic E-state index is 12.0. The monoisotopic (exact) mass is 394 g/mol. The van der Waals surface area contributed by atoms with Crippen LogP contribution in [0.2, 0.25) is 5.02 Å². The van der Waals surface area contributed by atoms with Gasteiger partial charge in [0.1, 0.15) is 0 Å². The largest absolute Gasteiger partial charge is 0.337 e. The van der Waals surface area contributed by atoms with Gasteiger partial charge in [-0.25, -0.2) is 4.79 Å². The van der Waals surface area contributed by atoms with Gasteiger partial charge in [0.25, 0.3) is 0 Å². The Bertz CT molecular complexity index is 671. The van der Waals surface area contributed by atoms with Crippen LogP contribution in [-0.4, -0.2) is 12.6 Å². The van der Waals surface area contributed by atoms with E-state index in [0.29, 0.717) is 17.3 Å². The predicted octanol–water partition coefficient (Wildman–Crippen LogP) is 5.49. The van der Waals surface area contributed by atoms with E-state index in [1.54, 1.807) is 24.3 Å². The summed E-state index contributed by atoms with van der Waals surface area (Å²) in [6.07, 6.45) is 0.887. The average molecular weight is 396 g/mol. The van der Waals surface area contributed by atoms with Crippen molar-refractivity contribution in [2.24, 2.45) is 5.41 Å². The third-order valence-electron chi connectivity index (χ3n) is 3.41. The summed E-state index contributed by atoms with van der Waals surface area (Å²) < 4.78 is 1.07. The van der Waals surface area contributed by atoms with Gasteiger partial charge in [-0.05, 0) is 47.7 Å². The molecule has 23 heavy (non-hydrogen) atoms. The van der Waals surface area contributed by atoms with Crippen LogP contribution in [0.3, 0.4) is 0 Å². The Hall–Kier alpha value is -1.52. The first kappa shape index (κ1) is 17.8. The van der Waals surface area contributed by atoms with E-state index in [2.05, 4.69) is 52.5 Å². The summed E-state index contributed by atoms with van der Waals surface area (Å²) in [6, 6.07) is 15.1. The van der Waals surface area contributed by atoms with E-state index in [-0.39, 0.29) is 11.4 Å². The Morgan fingerprint density at radius 3 is 2.52 bits per heavy atom. The fourth-order valence-electron chi connectivity index (χ4n) is 2.28. The molecule has 2 aromatic rings. The van der Waals surface area contributed by atoms with Gasteiger partial charge in [-0.2, -0.15) is 0 Å². The molecule has 5 heteroatoms. The van der Waals surface area contributed by atoms with Crippen molar-refractivity contribution in [3.05, 3.63) is 63.6 Å². The third kappa shape index (κ3) is 6.24. The molecule has 0 spiro atoms. The van der Waals surface area contributed by atoms with Gasteiger partial charge in [0.15, 0.2) is 0 Å². The molecule has 2 amide bonds. The molecule has 2 N–H and O–H groups in total. The predicted molar refractivity (Wildman–Crippen MR) is 100 cm³/mol. The fraction of sp³-hybridized carbons (Fsp3) is 0.278. The van der Waals surface area contributed by atoms with Crippen LogP contribution in [0.4, 0.5) is 10.5 Å². The molecule has 0 bridgehead atoms. The molecule has 0 atom stereocenters. The first-order chi connectivity index (χ1) is 10.8. The lowest BCUT2D eigenvalue weighted by Gasteiger charge is -2.25. The fourth-order valence-corrected chi connectivity index (χ4v) is 2.73. The van der Waals surface area contributed by atoms with E-state index < -0.39 is 0 Å². The summed E-state index contributed by atoms with van der Waals surface area (Å²) in [4.78, 5) is 12.0. The number of benzene rings is 2. The van der Waals surface area contributed by atoms with Gasteiger partial charge in [0, 0.05) is 21.7 Å². The molecule has 3 nitrogen and oxygen atoms in total. The van der Waals surface area contributed by atoms with Crippen LogP contribution in [-0.2, 0) is 6.42 Å². The van der Waals surface area contributed by atoms with E-state index in [4.69, 9.17) is 11.6 Å². The molecular weight excluding hydrogens is 376 g/mol. The van der Waals surface area contributed by atoms with Crippen molar-refractivity contribution in [3.8, 4) is 0 Å². The first-order valence-electron chi connectivity index (χ1n) is 7.39. The number of urea groups is 1. The minimum atomic E-state index is -0.226. The van der Waals surface area contributed by atoms with Gasteiger partial charge in [0.2, 0.25) is 0 Å². The number of hydrogen-bond acceptors (Lipinski definition) is 1. The standard InChI is InChI=1S/C18H20BrClN2O/c1-18(2,11-13-6-8-14(19)9-7-13)12-21-17(23)22-16-5-3-4-15(20)10-16/h3-10H,11-12H2,1-2H3,(H2,21,22,23). The summed E-state index contributed by atoms with van der Waals surface area (Å²) >= 11 is 9.34. The topological polar surface area (TPSA) is 41.1 Å². The first-order valence-corrected chi connectivity index (χ1v) is 8.56. The number of amides is 2. The Balaban J connectivity index is 1.85. The number of nitrogens with one attached hydrogen (secondary N) is 2. The zero-order valence-corrected chi connectivity index (χ0v) is 15.5. The Labute approximate surface area is 150 Å². The van der Waals surface area contributed by atoms with Gasteiger partial charge in [-0.15, -0.1) is 0 Å². The highest BCUT2D eigenvalue weighted by Crippen LogP contribution is 2.22. The smallest absolute Gasteiger partial charge is 0.319 e. The minimum absolute atomic E-state index is 0.0422. The Kier molecular flexibility index (Phi) is 6.08. The second-order valence-corrected chi connectivity index (χ2v) is 7.64. The van der Waals surface area contributed by atoms with Crippen molar-refractivity contribution in [2.45, 2.75) is 20.3 Å². The number of hydrogen-bond donors (Lipinski definition) is 2. The molecule has 0 aromatic heterocycles. The van der Waals surface area contributed by atoms with Crippen LogP contribution >= 0.6 is 27.5 Å². The minimum Gasteiger partial charge on any atom is -0.337 e. The zero-order chi connectivity index (χ0) is 16.9. The number of anilines is 1. The highest BCUT2D eigenvalue weighted by molar-refractivity contribution is 9.10. The summed E-state index contributed by atoms with van der Waals surface area (Å²) in [5.74, 6) is 0. The quantitative estimate of drug-likeness (QED) is 0.690.